The first-order chi connectivity index (χ1) is 12.6. The highest BCUT2D eigenvalue weighted by Gasteiger charge is 2.26. The van der Waals surface area contributed by atoms with Crippen LogP contribution in [0, 0.1) is 5.92 Å². The van der Waals surface area contributed by atoms with Crippen LogP contribution >= 0.6 is 0 Å². The van der Waals surface area contributed by atoms with Crippen molar-refractivity contribution >= 4 is 23.5 Å². The van der Waals surface area contributed by atoms with Gasteiger partial charge in [-0.1, -0.05) is 18.2 Å². The van der Waals surface area contributed by atoms with Crippen molar-refractivity contribution in [2.45, 2.75) is 25.7 Å². The number of primary amides is 1. The van der Waals surface area contributed by atoms with Crippen molar-refractivity contribution in [3.8, 4) is 0 Å². The van der Waals surface area contributed by atoms with Crippen LogP contribution in [0.3, 0.4) is 0 Å². The second kappa shape index (κ2) is 8.21. The summed E-state index contributed by atoms with van der Waals surface area (Å²) in [6.07, 6.45) is 3.29. The van der Waals surface area contributed by atoms with E-state index in [1.807, 2.05) is 23.1 Å². The molecule has 1 fully saturated rings. The molecule has 7 heteroatoms. The van der Waals surface area contributed by atoms with Crippen LogP contribution in [0.1, 0.15) is 24.8 Å². The number of carbonyl (C=O) groups is 2. The molecule has 0 spiro atoms. The molecule has 0 aliphatic carbocycles. The van der Waals surface area contributed by atoms with Gasteiger partial charge >= 0.3 is 0 Å². The number of amides is 2. The summed E-state index contributed by atoms with van der Waals surface area (Å²) in [5, 5.41) is 3.19. The maximum atomic E-state index is 12.6. The lowest BCUT2D eigenvalue weighted by Crippen LogP contribution is -2.49. The second-order valence-corrected chi connectivity index (χ2v) is 6.95. The van der Waals surface area contributed by atoms with Crippen molar-refractivity contribution in [1.82, 2.24) is 10.2 Å². The Bertz CT molecular complexity index is 703. The van der Waals surface area contributed by atoms with Crippen molar-refractivity contribution in [3.63, 3.8) is 0 Å². The number of hydrogen-bond donors (Lipinski definition) is 2. The molecule has 0 radical (unpaired) electrons. The number of likely N-dealkylation sites (tertiary alicyclic amines) is 1. The molecule has 2 amide bonds. The highest BCUT2D eigenvalue weighted by atomic mass is 16.2. The molecule has 1 aromatic rings. The van der Waals surface area contributed by atoms with Crippen molar-refractivity contribution in [2.75, 3.05) is 38.1 Å². The average Bonchev–Trinajstić information content (AvgIpc) is 3.06. The van der Waals surface area contributed by atoms with Gasteiger partial charge in [-0.2, -0.15) is 0 Å². The van der Waals surface area contributed by atoms with Crippen LogP contribution in [0.2, 0.25) is 0 Å². The quantitative estimate of drug-likeness (QED) is 0.614. The molecule has 140 valence electrons. The zero-order valence-electron chi connectivity index (χ0n) is 15.3. The molecule has 1 saturated heterocycles. The van der Waals surface area contributed by atoms with Crippen LogP contribution in [0.15, 0.2) is 29.3 Å². The number of nitrogens with two attached hydrogens (primary N) is 1. The molecule has 3 N–H and O–H groups in total. The van der Waals surface area contributed by atoms with Gasteiger partial charge in [-0.15, -0.1) is 0 Å². The maximum Gasteiger partial charge on any atom is 0.246 e. The Morgan fingerprint density at radius 1 is 1.31 bits per heavy atom. The lowest BCUT2D eigenvalue weighted by atomic mass is 9.95. The van der Waals surface area contributed by atoms with Crippen LogP contribution in [0.4, 0.5) is 5.69 Å². The van der Waals surface area contributed by atoms with Gasteiger partial charge in [-0.25, -0.2) is 0 Å². The topological polar surface area (TPSA) is 91.0 Å². The molecule has 1 atom stereocenters. The molecule has 0 aromatic heterocycles. The number of nitrogens with zero attached hydrogens (tertiary/aromatic N) is 3. The summed E-state index contributed by atoms with van der Waals surface area (Å²) in [5.74, 6) is 0.741. The number of para-hydroxylation sites is 1. The Morgan fingerprint density at radius 2 is 2.12 bits per heavy atom. The number of nitrogens with one attached hydrogen (secondary N) is 1. The Labute approximate surface area is 154 Å². The zero-order chi connectivity index (χ0) is 18.5. The van der Waals surface area contributed by atoms with Crippen LogP contribution < -0.4 is 16.0 Å². The van der Waals surface area contributed by atoms with E-state index < -0.39 is 0 Å². The molecule has 2 aliphatic heterocycles. The van der Waals surface area contributed by atoms with E-state index in [0.717, 1.165) is 44.6 Å². The molecular formula is C19H27N5O2. The first-order valence-corrected chi connectivity index (χ1v) is 9.20. The van der Waals surface area contributed by atoms with Gasteiger partial charge in [-0.3, -0.25) is 14.6 Å². The summed E-state index contributed by atoms with van der Waals surface area (Å²) in [7, 11) is 1.72. The fraction of sp³-hybridized carbons (Fsp3) is 0.526. The monoisotopic (exact) mass is 357 g/mol. The van der Waals surface area contributed by atoms with Crippen molar-refractivity contribution < 1.29 is 9.59 Å². The van der Waals surface area contributed by atoms with Gasteiger partial charge in [0.2, 0.25) is 11.8 Å². The van der Waals surface area contributed by atoms with Crippen molar-refractivity contribution in [2.24, 2.45) is 16.6 Å². The van der Waals surface area contributed by atoms with Crippen LogP contribution in [-0.2, 0) is 16.0 Å². The van der Waals surface area contributed by atoms with E-state index in [1.165, 1.54) is 5.56 Å². The fourth-order valence-corrected chi connectivity index (χ4v) is 3.89. The Morgan fingerprint density at radius 3 is 2.88 bits per heavy atom. The SMILES string of the molecule is CN=C(NCC(=O)N1CCc2ccccc21)N1CCCC(CC(N)=O)C1. The first kappa shape index (κ1) is 18.2. The summed E-state index contributed by atoms with van der Waals surface area (Å²) in [4.78, 5) is 32.1. The third-order valence-corrected chi connectivity index (χ3v) is 5.11. The number of rotatable bonds is 4. The van der Waals surface area contributed by atoms with E-state index in [2.05, 4.69) is 21.3 Å². The fourth-order valence-electron chi connectivity index (χ4n) is 3.89. The van der Waals surface area contributed by atoms with Gasteiger partial charge < -0.3 is 20.9 Å². The van der Waals surface area contributed by atoms with E-state index in [4.69, 9.17) is 5.73 Å². The predicted octanol–water partition coefficient (Wildman–Crippen LogP) is 0.739. The van der Waals surface area contributed by atoms with E-state index >= 15 is 0 Å². The number of carbonyl (C=O) groups excluding carboxylic acids is 2. The highest BCUT2D eigenvalue weighted by Crippen LogP contribution is 2.27. The minimum atomic E-state index is -0.261. The molecule has 0 saturated carbocycles. The molecule has 1 unspecified atom stereocenters. The largest absolute Gasteiger partial charge is 0.370 e. The predicted molar refractivity (Wildman–Crippen MR) is 102 cm³/mol. The van der Waals surface area contributed by atoms with Gasteiger partial charge in [0, 0.05) is 38.8 Å². The summed E-state index contributed by atoms with van der Waals surface area (Å²) in [6, 6.07) is 8.03. The van der Waals surface area contributed by atoms with Gasteiger partial charge in [-0.05, 0) is 36.8 Å². The summed E-state index contributed by atoms with van der Waals surface area (Å²) >= 11 is 0. The lowest BCUT2D eigenvalue weighted by molar-refractivity contribution is -0.119. The van der Waals surface area contributed by atoms with Gasteiger partial charge in [0.15, 0.2) is 5.96 Å². The van der Waals surface area contributed by atoms with E-state index in [-0.39, 0.29) is 24.3 Å². The lowest BCUT2D eigenvalue weighted by Gasteiger charge is -2.34. The Kier molecular flexibility index (Phi) is 5.75. The summed E-state index contributed by atoms with van der Waals surface area (Å²) < 4.78 is 0. The average molecular weight is 357 g/mol. The Hall–Kier alpha value is -2.57. The number of aliphatic imine (C=N–C) groups is 1. The summed E-state index contributed by atoms with van der Waals surface area (Å²) in [5.41, 5.74) is 7.56. The van der Waals surface area contributed by atoms with Crippen LogP contribution in [-0.4, -0.2) is 55.9 Å². The molecule has 2 heterocycles. The van der Waals surface area contributed by atoms with E-state index in [0.29, 0.717) is 12.4 Å². The summed E-state index contributed by atoms with van der Waals surface area (Å²) in [6.45, 7) is 2.54. The number of piperidine rings is 1. The minimum absolute atomic E-state index is 0.0433. The highest BCUT2D eigenvalue weighted by molar-refractivity contribution is 5.98. The van der Waals surface area contributed by atoms with Crippen molar-refractivity contribution in [1.29, 1.82) is 0 Å². The normalized spacial score (nSPS) is 20.0. The number of benzene rings is 1. The third kappa shape index (κ3) is 4.15. The molecule has 1 aromatic carbocycles. The third-order valence-electron chi connectivity index (χ3n) is 5.11. The van der Waals surface area contributed by atoms with E-state index in [1.54, 1.807) is 7.05 Å². The maximum absolute atomic E-state index is 12.6. The van der Waals surface area contributed by atoms with Crippen molar-refractivity contribution in [3.05, 3.63) is 29.8 Å². The molecule has 7 nitrogen and oxygen atoms in total. The van der Waals surface area contributed by atoms with E-state index in [9.17, 15) is 9.59 Å². The molecule has 2 aliphatic rings. The number of fused-ring (bicyclic) bond motifs is 1. The number of guanidine groups is 1. The van der Waals surface area contributed by atoms with Gasteiger partial charge in [0.25, 0.3) is 0 Å². The Balaban J connectivity index is 1.56. The van der Waals surface area contributed by atoms with Crippen LogP contribution in [0.25, 0.3) is 0 Å². The second-order valence-electron chi connectivity index (χ2n) is 6.95. The molecule has 26 heavy (non-hydrogen) atoms. The zero-order valence-corrected chi connectivity index (χ0v) is 15.3. The van der Waals surface area contributed by atoms with Crippen LogP contribution in [0.5, 0.6) is 0 Å². The standard InChI is InChI=1S/C19H27N5O2/c1-21-19(23-9-4-5-14(13-23)11-17(20)25)22-12-18(26)24-10-8-15-6-2-3-7-16(15)24/h2-3,6-7,14H,4-5,8-13H2,1H3,(H2,20,25)(H,21,22). The van der Waals surface area contributed by atoms with Gasteiger partial charge in [0.05, 0.1) is 6.54 Å². The molecule has 0 bridgehead atoms. The smallest absolute Gasteiger partial charge is 0.246 e. The number of anilines is 1. The number of hydrogen-bond acceptors (Lipinski definition) is 3. The molecule has 3 rings (SSSR count). The van der Waals surface area contributed by atoms with Gasteiger partial charge in [0.1, 0.15) is 0 Å². The molecular weight excluding hydrogens is 330 g/mol. The first-order valence-electron chi connectivity index (χ1n) is 9.20. The minimum Gasteiger partial charge on any atom is -0.370 e.